The van der Waals surface area contributed by atoms with Crippen molar-refractivity contribution < 1.29 is 0 Å². The maximum Gasteiger partial charge on any atom is 0.267 e. The van der Waals surface area contributed by atoms with Gasteiger partial charge in [-0.05, 0) is 29.7 Å². The van der Waals surface area contributed by atoms with Gasteiger partial charge in [-0.3, -0.25) is 9.36 Å². The van der Waals surface area contributed by atoms with Crippen LogP contribution in [0.2, 0.25) is 0 Å². The van der Waals surface area contributed by atoms with Gasteiger partial charge < -0.3 is 0 Å². The molecule has 0 atom stereocenters. The van der Waals surface area contributed by atoms with Gasteiger partial charge >= 0.3 is 0 Å². The van der Waals surface area contributed by atoms with E-state index in [0.29, 0.717) is 28.1 Å². The predicted molar refractivity (Wildman–Crippen MR) is 169 cm³/mol. The molecule has 5 aromatic carbocycles. The summed E-state index contributed by atoms with van der Waals surface area (Å²) in [5.74, 6) is 0.496. The zero-order valence-corrected chi connectivity index (χ0v) is 22.3. The molecule has 42 heavy (non-hydrogen) atoms. The van der Waals surface area contributed by atoms with E-state index in [1.807, 2.05) is 95.6 Å². The second kappa shape index (κ2) is 8.56. The summed E-state index contributed by atoms with van der Waals surface area (Å²) in [5, 5.41) is 5.45. The molecule has 0 spiro atoms. The SMILES string of the molecule is O=c1c2ccccc2nc2c3ccccc3c3c4ccccc4n(-c4nc(-c5ccccc5)c5ccccc5n4)c3n12. The summed E-state index contributed by atoms with van der Waals surface area (Å²) in [6.45, 7) is 0. The fourth-order valence-electron chi connectivity index (χ4n) is 6.29. The van der Waals surface area contributed by atoms with Crippen LogP contribution in [0.4, 0.5) is 0 Å². The van der Waals surface area contributed by atoms with Gasteiger partial charge in [0.15, 0.2) is 0 Å². The molecule has 9 aromatic rings. The normalized spacial score (nSPS) is 11.9. The maximum atomic E-state index is 14.4. The Balaban J connectivity index is 1.56. The third kappa shape index (κ3) is 3.09. The van der Waals surface area contributed by atoms with Gasteiger partial charge in [-0.25, -0.2) is 19.4 Å². The van der Waals surface area contributed by atoms with Crippen molar-refractivity contribution in [2.75, 3.05) is 0 Å². The summed E-state index contributed by atoms with van der Waals surface area (Å²) >= 11 is 0. The molecule has 0 saturated heterocycles. The Kier molecular flexibility index (Phi) is 4.66. The first-order chi connectivity index (χ1) is 20.8. The topological polar surface area (TPSA) is 65.1 Å². The Morgan fingerprint density at radius 3 is 1.88 bits per heavy atom. The van der Waals surface area contributed by atoms with Crippen LogP contribution in [0.3, 0.4) is 0 Å². The Morgan fingerprint density at radius 2 is 1.10 bits per heavy atom. The van der Waals surface area contributed by atoms with Gasteiger partial charge in [0.2, 0.25) is 5.95 Å². The zero-order valence-electron chi connectivity index (χ0n) is 22.3. The third-order valence-corrected chi connectivity index (χ3v) is 8.11. The van der Waals surface area contributed by atoms with Gasteiger partial charge in [-0.15, -0.1) is 0 Å². The van der Waals surface area contributed by atoms with E-state index in [1.165, 1.54) is 0 Å². The van der Waals surface area contributed by atoms with E-state index >= 15 is 0 Å². The first-order valence-corrected chi connectivity index (χ1v) is 13.9. The first-order valence-electron chi connectivity index (χ1n) is 13.9. The smallest absolute Gasteiger partial charge is 0.267 e. The molecule has 0 aliphatic heterocycles. The van der Waals surface area contributed by atoms with Gasteiger partial charge in [-0.1, -0.05) is 103 Å². The minimum absolute atomic E-state index is 0.125. The van der Waals surface area contributed by atoms with Crippen LogP contribution in [0.15, 0.2) is 132 Å². The van der Waals surface area contributed by atoms with Gasteiger partial charge in [-0.2, -0.15) is 0 Å². The van der Waals surface area contributed by atoms with E-state index in [2.05, 4.69) is 36.4 Å². The van der Waals surface area contributed by atoms with Crippen molar-refractivity contribution in [2.24, 2.45) is 0 Å². The molecule has 0 saturated carbocycles. The van der Waals surface area contributed by atoms with Crippen molar-refractivity contribution in [1.82, 2.24) is 23.9 Å². The second-order valence-electron chi connectivity index (χ2n) is 10.4. The number of para-hydroxylation sites is 3. The van der Waals surface area contributed by atoms with Crippen molar-refractivity contribution in [2.45, 2.75) is 0 Å². The summed E-state index contributed by atoms with van der Waals surface area (Å²) in [7, 11) is 0. The number of benzene rings is 5. The Bertz CT molecular complexity index is 2600. The Hall–Kier alpha value is -5.88. The minimum atomic E-state index is -0.125. The van der Waals surface area contributed by atoms with Crippen LogP contribution in [0.5, 0.6) is 0 Å². The third-order valence-electron chi connectivity index (χ3n) is 8.11. The highest BCUT2D eigenvalue weighted by atomic mass is 16.1. The van der Waals surface area contributed by atoms with E-state index in [-0.39, 0.29) is 5.56 Å². The molecule has 6 heteroatoms. The zero-order chi connectivity index (χ0) is 27.8. The molecule has 196 valence electrons. The van der Waals surface area contributed by atoms with E-state index in [0.717, 1.165) is 49.2 Å². The van der Waals surface area contributed by atoms with E-state index in [4.69, 9.17) is 15.0 Å². The van der Waals surface area contributed by atoms with Crippen molar-refractivity contribution in [3.63, 3.8) is 0 Å². The van der Waals surface area contributed by atoms with E-state index < -0.39 is 0 Å². The molecular formula is C36H21N5O. The molecule has 9 rings (SSSR count). The number of hydrogen-bond acceptors (Lipinski definition) is 4. The summed E-state index contributed by atoms with van der Waals surface area (Å²) in [6.07, 6.45) is 0. The van der Waals surface area contributed by atoms with Crippen molar-refractivity contribution in [3.05, 3.63) is 138 Å². The van der Waals surface area contributed by atoms with Crippen LogP contribution < -0.4 is 5.56 Å². The molecule has 4 heterocycles. The standard InChI is InChI=1S/C36H21N5O/c42-35-26-17-7-10-20-29(26)37-33-24-15-5-4-14-23(24)31-27-18-8-11-21-30(27)40(34(31)41(33)35)36-38-28-19-9-6-16-25(28)32(39-36)22-12-2-1-3-13-22/h1-21H. The number of aromatic nitrogens is 5. The Morgan fingerprint density at radius 1 is 0.500 bits per heavy atom. The molecule has 0 aliphatic rings. The maximum absolute atomic E-state index is 14.4. The van der Waals surface area contributed by atoms with Crippen molar-refractivity contribution in [1.29, 1.82) is 0 Å². The largest absolute Gasteiger partial charge is 0.268 e. The van der Waals surface area contributed by atoms with Crippen LogP contribution in [-0.2, 0) is 0 Å². The molecule has 0 aliphatic carbocycles. The lowest BCUT2D eigenvalue weighted by Gasteiger charge is -2.14. The van der Waals surface area contributed by atoms with Gasteiger partial charge in [0, 0.05) is 27.1 Å². The quantitative estimate of drug-likeness (QED) is 0.167. The van der Waals surface area contributed by atoms with Gasteiger partial charge in [0.1, 0.15) is 11.3 Å². The lowest BCUT2D eigenvalue weighted by Crippen LogP contribution is -2.18. The van der Waals surface area contributed by atoms with E-state index in [9.17, 15) is 4.79 Å². The summed E-state index contributed by atoms with van der Waals surface area (Å²) < 4.78 is 3.78. The molecule has 0 N–H and O–H groups in total. The molecule has 0 fully saturated rings. The first kappa shape index (κ1) is 22.9. The van der Waals surface area contributed by atoms with E-state index in [1.54, 1.807) is 4.40 Å². The number of pyridine rings is 1. The number of hydrogen-bond donors (Lipinski definition) is 0. The van der Waals surface area contributed by atoms with Gasteiger partial charge in [0.25, 0.3) is 5.56 Å². The molecule has 0 radical (unpaired) electrons. The van der Waals surface area contributed by atoms with Crippen LogP contribution in [0, 0.1) is 0 Å². The molecule has 0 unspecified atom stereocenters. The van der Waals surface area contributed by atoms with Crippen LogP contribution >= 0.6 is 0 Å². The lowest BCUT2D eigenvalue weighted by molar-refractivity contribution is 0.973. The molecule has 4 aromatic heterocycles. The highest BCUT2D eigenvalue weighted by Crippen LogP contribution is 2.38. The Labute approximate surface area is 238 Å². The highest BCUT2D eigenvalue weighted by Gasteiger charge is 2.23. The summed E-state index contributed by atoms with van der Waals surface area (Å²) in [4.78, 5) is 29.7. The fourth-order valence-corrected chi connectivity index (χ4v) is 6.29. The second-order valence-corrected chi connectivity index (χ2v) is 10.4. The minimum Gasteiger partial charge on any atom is -0.268 e. The number of nitrogens with zero attached hydrogens (tertiary/aromatic N) is 5. The van der Waals surface area contributed by atoms with Gasteiger partial charge in [0.05, 0.1) is 27.6 Å². The lowest BCUT2D eigenvalue weighted by atomic mass is 10.1. The monoisotopic (exact) mass is 539 g/mol. The molecular weight excluding hydrogens is 518 g/mol. The average Bonchev–Trinajstić information content (AvgIpc) is 3.40. The summed E-state index contributed by atoms with van der Waals surface area (Å²) in [6, 6.07) is 42.1. The van der Waals surface area contributed by atoms with Crippen LogP contribution in [0.25, 0.3) is 77.4 Å². The van der Waals surface area contributed by atoms with Crippen molar-refractivity contribution >= 4 is 60.2 Å². The predicted octanol–water partition coefficient (Wildman–Crippen LogP) is 7.71. The summed E-state index contributed by atoms with van der Waals surface area (Å²) in [5.41, 5.74) is 5.43. The fraction of sp³-hybridized carbons (Fsp3) is 0. The number of rotatable bonds is 2. The number of fused-ring (bicyclic) bond motifs is 10. The molecule has 6 nitrogen and oxygen atoms in total. The van der Waals surface area contributed by atoms with Crippen LogP contribution in [-0.4, -0.2) is 23.9 Å². The molecule has 0 bridgehead atoms. The van der Waals surface area contributed by atoms with Crippen molar-refractivity contribution in [3.8, 4) is 17.2 Å². The highest BCUT2D eigenvalue weighted by molar-refractivity contribution is 6.23. The average molecular weight is 540 g/mol. The van der Waals surface area contributed by atoms with Crippen LogP contribution in [0.1, 0.15) is 0 Å². The molecule has 0 amide bonds.